The third kappa shape index (κ3) is 9.12. The Bertz CT molecular complexity index is 273. The summed E-state index contributed by atoms with van der Waals surface area (Å²) in [5, 5.41) is 0. The molecule has 0 aromatic heterocycles. The summed E-state index contributed by atoms with van der Waals surface area (Å²) in [6.07, 6.45) is 1.61. The fourth-order valence-electron chi connectivity index (χ4n) is 1.50. The van der Waals surface area contributed by atoms with Gasteiger partial charge < -0.3 is 4.90 Å². The maximum Gasteiger partial charge on any atom is 0.264 e. The van der Waals surface area contributed by atoms with Gasteiger partial charge in [-0.2, -0.15) is 8.42 Å². The molecule has 0 aromatic carbocycles. The van der Waals surface area contributed by atoms with Crippen LogP contribution in [0.4, 0.5) is 0 Å². The Balaban J connectivity index is 3.95. The van der Waals surface area contributed by atoms with Crippen LogP contribution in [-0.4, -0.2) is 42.8 Å². The highest BCUT2D eigenvalue weighted by Crippen LogP contribution is 2.06. The SMILES string of the molecule is CC(C)CCN(CCCS(=O)(=O)O)C(C)C. The van der Waals surface area contributed by atoms with Crippen molar-refractivity contribution in [3.63, 3.8) is 0 Å². The number of hydrogen-bond acceptors (Lipinski definition) is 3. The van der Waals surface area contributed by atoms with Gasteiger partial charge in [0.2, 0.25) is 0 Å². The van der Waals surface area contributed by atoms with Gasteiger partial charge >= 0.3 is 0 Å². The molecule has 0 bridgehead atoms. The van der Waals surface area contributed by atoms with Crippen molar-refractivity contribution in [2.24, 2.45) is 5.92 Å². The lowest BCUT2D eigenvalue weighted by Gasteiger charge is -2.26. The summed E-state index contributed by atoms with van der Waals surface area (Å²) >= 11 is 0. The van der Waals surface area contributed by atoms with E-state index in [2.05, 4.69) is 32.6 Å². The second-order valence-corrected chi connectivity index (χ2v) is 6.52. The van der Waals surface area contributed by atoms with E-state index in [4.69, 9.17) is 4.55 Å². The predicted molar refractivity (Wildman–Crippen MR) is 67.2 cm³/mol. The molecule has 0 heterocycles. The van der Waals surface area contributed by atoms with Crippen molar-refractivity contribution >= 4 is 10.1 Å². The topological polar surface area (TPSA) is 57.6 Å². The Morgan fingerprint density at radius 2 is 1.69 bits per heavy atom. The lowest BCUT2D eigenvalue weighted by Crippen LogP contribution is -2.34. The largest absolute Gasteiger partial charge is 0.301 e. The molecule has 98 valence electrons. The fourth-order valence-corrected chi connectivity index (χ4v) is 2.00. The Hall–Kier alpha value is -0.130. The molecular weight excluding hydrogens is 226 g/mol. The van der Waals surface area contributed by atoms with Crippen LogP contribution in [0.5, 0.6) is 0 Å². The minimum absolute atomic E-state index is 0.141. The molecule has 5 heteroatoms. The molecule has 0 spiro atoms. The monoisotopic (exact) mass is 251 g/mol. The lowest BCUT2D eigenvalue weighted by molar-refractivity contribution is 0.210. The molecule has 0 fully saturated rings. The highest BCUT2D eigenvalue weighted by molar-refractivity contribution is 7.85. The molecule has 0 aliphatic heterocycles. The van der Waals surface area contributed by atoms with Gasteiger partial charge in [-0.3, -0.25) is 4.55 Å². The molecule has 0 rings (SSSR count). The molecule has 0 aliphatic carbocycles. The molecule has 0 saturated carbocycles. The van der Waals surface area contributed by atoms with E-state index in [9.17, 15) is 8.42 Å². The van der Waals surface area contributed by atoms with Crippen molar-refractivity contribution in [2.45, 2.75) is 46.6 Å². The zero-order valence-corrected chi connectivity index (χ0v) is 11.6. The van der Waals surface area contributed by atoms with Gasteiger partial charge in [0.15, 0.2) is 0 Å². The van der Waals surface area contributed by atoms with E-state index in [0.29, 0.717) is 18.4 Å². The minimum atomic E-state index is -3.80. The third-order valence-corrected chi connectivity index (χ3v) is 3.38. The molecule has 0 atom stereocenters. The van der Waals surface area contributed by atoms with Crippen molar-refractivity contribution < 1.29 is 13.0 Å². The molecule has 4 nitrogen and oxygen atoms in total. The summed E-state index contributed by atoms with van der Waals surface area (Å²) in [6, 6.07) is 0.417. The van der Waals surface area contributed by atoms with Gasteiger partial charge in [-0.1, -0.05) is 13.8 Å². The maximum absolute atomic E-state index is 10.6. The summed E-state index contributed by atoms with van der Waals surface area (Å²) < 4.78 is 29.8. The number of nitrogens with zero attached hydrogens (tertiary/aromatic N) is 1. The van der Waals surface area contributed by atoms with Gasteiger partial charge in [-0.15, -0.1) is 0 Å². The van der Waals surface area contributed by atoms with E-state index < -0.39 is 10.1 Å². The van der Waals surface area contributed by atoms with E-state index in [0.717, 1.165) is 19.5 Å². The molecular formula is C11H25NO3S. The predicted octanol–water partition coefficient (Wildman–Crippen LogP) is 2.02. The van der Waals surface area contributed by atoms with Gasteiger partial charge in [-0.05, 0) is 45.7 Å². The van der Waals surface area contributed by atoms with Crippen LogP contribution < -0.4 is 0 Å². The average molecular weight is 251 g/mol. The Morgan fingerprint density at radius 3 is 2.06 bits per heavy atom. The summed E-state index contributed by atoms with van der Waals surface area (Å²) in [6.45, 7) is 10.3. The molecule has 1 N–H and O–H groups in total. The average Bonchev–Trinajstić information content (AvgIpc) is 2.07. The van der Waals surface area contributed by atoms with Gasteiger partial charge in [0.05, 0.1) is 5.75 Å². The molecule has 16 heavy (non-hydrogen) atoms. The highest BCUT2D eigenvalue weighted by atomic mass is 32.2. The first-order valence-corrected chi connectivity index (χ1v) is 7.52. The van der Waals surface area contributed by atoms with E-state index in [-0.39, 0.29) is 5.75 Å². The third-order valence-electron chi connectivity index (χ3n) is 2.57. The zero-order valence-electron chi connectivity index (χ0n) is 10.8. The first kappa shape index (κ1) is 15.9. The lowest BCUT2D eigenvalue weighted by atomic mass is 10.1. The van der Waals surface area contributed by atoms with Crippen molar-refractivity contribution in [3.05, 3.63) is 0 Å². The minimum Gasteiger partial charge on any atom is -0.301 e. The van der Waals surface area contributed by atoms with Crippen molar-refractivity contribution in [1.29, 1.82) is 0 Å². The van der Waals surface area contributed by atoms with Crippen LogP contribution >= 0.6 is 0 Å². The summed E-state index contributed by atoms with van der Waals surface area (Å²) in [5.74, 6) is 0.514. The highest BCUT2D eigenvalue weighted by Gasteiger charge is 2.11. The quantitative estimate of drug-likeness (QED) is 0.671. The van der Waals surface area contributed by atoms with Crippen molar-refractivity contribution in [1.82, 2.24) is 4.90 Å². The first-order valence-electron chi connectivity index (χ1n) is 5.91. The summed E-state index contributed by atoms with van der Waals surface area (Å²) in [7, 11) is -3.80. The van der Waals surface area contributed by atoms with Gasteiger partial charge in [-0.25, -0.2) is 0 Å². The van der Waals surface area contributed by atoms with Crippen LogP contribution in [0.3, 0.4) is 0 Å². The Kier molecular flexibility index (Phi) is 7.19. The number of rotatable bonds is 8. The second kappa shape index (κ2) is 7.25. The smallest absolute Gasteiger partial charge is 0.264 e. The van der Waals surface area contributed by atoms with Crippen molar-refractivity contribution in [2.75, 3.05) is 18.8 Å². The fraction of sp³-hybridized carbons (Fsp3) is 1.00. The normalized spacial score (nSPS) is 13.0. The van der Waals surface area contributed by atoms with Crippen LogP contribution in [0, 0.1) is 5.92 Å². The second-order valence-electron chi connectivity index (χ2n) is 4.95. The molecule has 0 radical (unpaired) electrons. The molecule has 0 saturated heterocycles. The van der Waals surface area contributed by atoms with Crippen LogP contribution in [-0.2, 0) is 10.1 Å². The van der Waals surface area contributed by atoms with E-state index >= 15 is 0 Å². The molecule has 0 aromatic rings. The van der Waals surface area contributed by atoms with Crippen molar-refractivity contribution in [3.8, 4) is 0 Å². The van der Waals surface area contributed by atoms with Gasteiger partial charge in [0, 0.05) is 6.04 Å². The molecule has 0 unspecified atom stereocenters. The van der Waals surface area contributed by atoms with Gasteiger partial charge in [0.25, 0.3) is 10.1 Å². The number of hydrogen-bond donors (Lipinski definition) is 1. The van der Waals surface area contributed by atoms with Crippen LogP contribution in [0.15, 0.2) is 0 Å². The Morgan fingerprint density at radius 1 is 1.12 bits per heavy atom. The van der Waals surface area contributed by atoms with E-state index in [1.54, 1.807) is 0 Å². The Labute approximate surface area is 99.8 Å². The zero-order chi connectivity index (χ0) is 12.8. The van der Waals surface area contributed by atoms with E-state index in [1.165, 1.54) is 0 Å². The molecule has 0 amide bonds. The standard InChI is InChI=1S/C11H25NO3S/c1-10(2)6-8-12(11(3)4)7-5-9-16(13,14)15/h10-11H,5-9H2,1-4H3,(H,13,14,15). The van der Waals surface area contributed by atoms with Crippen LogP contribution in [0.25, 0.3) is 0 Å². The van der Waals surface area contributed by atoms with Gasteiger partial charge in [0.1, 0.15) is 0 Å². The maximum atomic E-state index is 10.6. The molecule has 0 aliphatic rings. The summed E-state index contributed by atoms with van der Waals surface area (Å²) in [4.78, 5) is 2.26. The van der Waals surface area contributed by atoms with Crippen LogP contribution in [0.1, 0.15) is 40.5 Å². The van der Waals surface area contributed by atoms with Crippen LogP contribution in [0.2, 0.25) is 0 Å². The van der Waals surface area contributed by atoms with E-state index in [1.807, 2.05) is 0 Å². The summed E-state index contributed by atoms with van der Waals surface area (Å²) in [5.41, 5.74) is 0. The first-order chi connectivity index (χ1) is 7.22.